The lowest BCUT2D eigenvalue weighted by Gasteiger charge is -2.13. The van der Waals surface area contributed by atoms with Crippen LogP contribution in [-0.4, -0.2) is 4.98 Å². The quantitative estimate of drug-likeness (QED) is 0.419. The predicted molar refractivity (Wildman–Crippen MR) is 54.5 cm³/mol. The summed E-state index contributed by atoms with van der Waals surface area (Å²) < 4.78 is 62.1. The Bertz CT molecular complexity index is 391. The second-order valence-corrected chi connectivity index (χ2v) is 4.12. The van der Waals surface area contributed by atoms with E-state index in [1.807, 2.05) is 0 Å². The van der Waals surface area contributed by atoms with E-state index in [0.29, 0.717) is 6.07 Å². The highest BCUT2D eigenvalue weighted by molar-refractivity contribution is 9.10. The van der Waals surface area contributed by atoms with Crippen LogP contribution < -0.4 is 0 Å². The average molecular weight is 369 g/mol. The minimum absolute atomic E-state index is 0.0207. The Hall–Kier alpha value is -0.240. The van der Waals surface area contributed by atoms with Crippen molar-refractivity contribution in [2.75, 3.05) is 0 Å². The zero-order chi connectivity index (χ0) is 12.5. The van der Waals surface area contributed by atoms with Crippen molar-refractivity contribution >= 4 is 31.9 Å². The Morgan fingerprint density at radius 1 is 1.31 bits per heavy atom. The molecule has 16 heavy (non-hydrogen) atoms. The van der Waals surface area contributed by atoms with Crippen LogP contribution in [0.15, 0.2) is 10.7 Å². The molecule has 0 saturated heterocycles. The van der Waals surface area contributed by atoms with E-state index in [2.05, 4.69) is 36.8 Å². The number of nitrogens with zero attached hydrogens (tertiary/aromatic N) is 1. The third-order valence-electron chi connectivity index (χ3n) is 1.73. The smallest absolute Gasteiger partial charge is 0.239 e. The maximum absolute atomic E-state index is 12.5. The molecule has 8 heteroatoms. The monoisotopic (exact) mass is 367 g/mol. The molecule has 0 aliphatic heterocycles. The number of rotatable bonds is 2. The fourth-order valence-corrected chi connectivity index (χ4v) is 2.28. The van der Waals surface area contributed by atoms with Gasteiger partial charge in [0, 0.05) is 5.33 Å². The first-order valence-electron chi connectivity index (χ1n) is 3.88. The molecule has 0 unspecified atom stereocenters. The van der Waals surface area contributed by atoms with Crippen LogP contribution >= 0.6 is 31.9 Å². The molecule has 1 heterocycles. The summed E-state index contributed by atoms with van der Waals surface area (Å²) in [5.41, 5.74) is -2.50. The summed E-state index contributed by atoms with van der Waals surface area (Å²) in [6.07, 6.45) is -8.10. The standard InChI is InChI=1S/C8H4Br2F5N/c9-2-3-1-4(8(13,14)15)5(7(11)12)16-6(3)10/h1,7H,2H2. The van der Waals surface area contributed by atoms with Gasteiger partial charge in [0.05, 0.1) is 5.56 Å². The summed E-state index contributed by atoms with van der Waals surface area (Å²) in [5, 5.41) is 0.0905. The molecule has 0 aromatic carbocycles. The lowest BCUT2D eigenvalue weighted by atomic mass is 10.1. The maximum atomic E-state index is 12.5. The van der Waals surface area contributed by atoms with Gasteiger partial charge in [-0.25, -0.2) is 13.8 Å². The molecule has 0 bridgehead atoms. The number of pyridine rings is 1. The SMILES string of the molecule is FC(F)c1nc(Br)c(CBr)cc1C(F)(F)F. The van der Waals surface area contributed by atoms with E-state index in [0.717, 1.165) is 0 Å². The van der Waals surface area contributed by atoms with Crippen LogP contribution in [0.2, 0.25) is 0 Å². The van der Waals surface area contributed by atoms with E-state index in [-0.39, 0.29) is 15.5 Å². The number of alkyl halides is 6. The van der Waals surface area contributed by atoms with Crippen molar-refractivity contribution in [3.8, 4) is 0 Å². The van der Waals surface area contributed by atoms with Crippen molar-refractivity contribution in [2.45, 2.75) is 17.9 Å². The van der Waals surface area contributed by atoms with Crippen LogP contribution in [0.25, 0.3) is 0 Å². The first-order chi connectivity index (χ1) is 7.27. The number of hydrogen-bond donors (Lipinski definition) is 0. The van der Waals surface area contributed by atoms with Crippen molar-refractivity contribution in [1.29, 1.82) is 0 Å². The van der Waals surface area contributed by atoms with Gasteiger partial charge in [-0.3, -0.25) is 0 Å². The van der Waals surface area contributed by atoms with E-state index in [4.69, 9.17) is 0 Å². The summed E-state index contributed by atoms with van der Waals surface area (Å²) in [6, 6.07) is 0.660. The largest absolute Gasteiger partial charge is 0.418 e. The van der Waals surface area contributed by atoms with E-state index in [1.54, 1.807) is 0 Å². The number of hydrogen-bond acceptors (Lipinski definition) is 1. The first-order valence-corrected chi connectivity index (χ1v) is 5.79. The minimum atomic E-state index is -4.84. The average Bonchev–Trinajstić information content (AvgIpc) is 2.15. The van der Waals surface area contributed by atoms with Crippen LogP contribution in [0.3, 0.4) is 0 Å². The fraction of sp³-hybridized carbons (Fsp3) is 0.375. The molecule has 0 spiro atoms. The Kier molecular flexibility index (Phi) is 4.28. The van der Waals surface area contributed by atoms with Gasteiger partial charge in [-0.15, -0.1) is 0 Å². The first kappa shape index (κ1) is 13.8. The summed E-state index contributed by atoms with van der Waals surface area (Å²) in [7, 11) is 0. The zero-order valence-electron chi connectivity index (χ0n) is 7.45. The third kappa shape index (κ3) is 2.91. The predicted octanol–water partition coefficient (Wildman–Crippen LogP) is 4.70. The van der Waals surface area contributed by atoms with E-state index in [1.165, 1.54) is 0 Å². The molecule has 0 N–H and O–H groups in total. The fourth-order valence-electron chi connectivity index (χ4n) is 1.03. The van der Waals surface area contributed by atoms with E-state index >= 15 is 0 Å². The van der Waals surface area contributed by atoms with Crippen LogP contribution in [0.1, 0.15) is 23.2 Å². The molecule has 1 nitrogen and oxygen atoms in total. The van der Waals surface area contributed by atoms with Gasteiger partial charge in [0.25, 0.3) is 6.43 Å². The van der Waals surface area contributed by atoms with Crippen molar-refractivity contribution in [1.82, 2.24) is 4.98 Å². The van der Waals surface area contributed by atoms with Crippen LogP contribution in [0.5, 0.6) is 0 Å². The molecular weight excluding hydrogens is 365 g/mol. The second-order valence-electron chi connectivity index (χ2n) is 2.80. The summed E-state index contributed by atoms with van der Waals surface area (Å²) in [6.45, 7) is 0. The lowest BCUT2D eigenvalue weighted by molar-refractivity contribution is -0.140. The highest BCUT2D eigenvalue weighted by atomic mass is 79.9. The molecule has 0 aliphatic rings. The maximum Gasteiger partial charge on any atom is 0.418 e. The third-order valence-corrected chi connectivity index (χ3v) is 3.02. The molecule has 90 valence electrons. The summed E-state index contributed by atoms with van der Waals surface area (Å²) in [4.78, 5) is 3.23. The number of halogens is 7. The van der Waals surface area contributed by atoms with Crippen molar-refractivity contribution in [3.05, 3.63) is 27.5 Å². The van der Waals surface area contributed by atoms with Crippen LogP contribution in [0, 0.1) is 0 Å². The van der Waals surface area contributed by atoms with E-state index in [9.17, 15) is 22.0 Å². The van der Waals surface area contributed by atoms with Gasteiger partial charge in [-0.1, -0.05) is 15.9 Å². The van der Waals surface area contributed by atoms with Crippen molar-refractivity contribution in [3.63, 3.8) is 0 Å². The minimum Gasteiger partial charge on any atom is -0.239 e. The summed E-state index contributed by atoms with van der Waals surface area (Å²) >= 11 is 5.78. The van der Waals surface area contributed by atoms with Crippen LogP contribution in [0.4, 0.5) is 22.0 Å². The highest BCUT2D eigenvalue weighted by Gasteiger charge is 2.37. The topological polar surface area (TPSA) is 12.9 Å². The normalized spacial score (nSPS) is 12.2. The highest BCUT2D eigenvalue weighted by Crippen LogP contribution is 2.37. The second kappa shape index (κ2) is 4.95. The van der Waals surface area contributed by atoms with Gasteiger partial charge in [-0.05, 0) is 27.6 Å². The van der Waals surface area contributed by atoms with Gasteiger partial charge < -0.3 is 0 Å². The van der Waals surface area contributed by atoms with E-state index < -0.39 is 23.9 Å². The van der Waals surface area contributed by atoms with Gasteiger partial charge in [0.1, 0.15) is 10.3 Å². The molecule has 0 aliphatic carbocycles. The molecular formula is C8H4Br2F5N. The molecule has 0 atom stereocenters. The molecule has 0 saturated carbocycles. The lowest BCUT2D eigenvalue weighted by Crippen LogP contribution is -2.12. The molecule has 1 aromatic rings. The Labute approximate surface area is 104 Å². The van der Waals surface area contributed by atoms with Gasteiger partial charge >= 0.3 is 6.18 Å². The Balaban J connectivity index is 3.43. The molecule has 1 aromatic heterocycles. The zero-order valence-corrected chi connectivity index (χ0v) is 10.6. The molecule has 0 amide bonds. The molecule has 0 fully saturated rings. The Morgan fingerprint density at radius 3 is 2.25 bits per heavy atom. The van der Waals surface area contributed by atoms with Gasteiger partial charge in [0.15, 0.2) is 0 Å². The van der Waals surface area contributed by atoms with Crippen molar-refractivity contribution in [2.24, 2.45) is 0 Å². The molecule has 0 radical (unpaired) electrons. The van der Waals surface area contributed by atoms with Crippen LogP contribution in [-0.2, 0) is 11.5 Å². The Morgan fingerprint density at radius 2 is 1.88 bits per heavy atom. The van der Waals surface area contributed by atoms with Gasteiger partial charge in [-0.2, -0.15) is 13.2 Å². The van der Waals surface area contributed by atoms with Crippen molar-refractivity contribution < 1.29 is 22.0 Å². The number of aromatic nitrogens is 1. The van der Waals surface area contributed by atoms with Gasteiger partial charge in [0.2, 0.25) is 0 Å². The summed E-state index contributed by atoms with van der Waals surface area (Å²) in [5.74, 6) is 0. The molecule has 1 rings (SSSR count).